The van der Waals surface area contributed by atoms with Crippen LogP contribution in [0.5, 0.6) is 0 Å². The molecule has 2 heterocycles. The maximum absolute atomic E-state index is 6.58. The van der Waals surface area contributed by atoms with Crippen LogP contribution in [0, 0.1) is 13.8 Å². The molecule has 2 N–H and O–H groups in total. The third-order valence-corrected chi connectivity index (χ3v) is 6.52. The van der Waals surface area contributed by atoms with Crippen LogP contribution in [0.4, 0.5) is 5.69 Å². The van der Waals surface area contributed by atoms with Gasteiger partial charge in [-0.25, -0.2) is 9.98 Å². The number of hydrogen-bond acceptors (Lipinski definition) is 5. The van der Waals surface area contributed by atoms with E-state index in [-0.39, 0.29) is 24.0 Å². The van der Waals surface area contributed by atoms with Crippen LogP contribution >= 0.6 is 46.9 Å². The minimum absolute atomic E-state index is 0. The van der Waals surface area contributed by atoms with Crippen LogP contribution in [0.25, 0.3) is 0 Å². The zero-order chi connectivity index (χ0) is 20.8. The fourth-order valence-electron chi connectivity index (χ4n) is 3.45. The highest BCUT2D eigenvalue weighted by Crippen LogP contribution is 2.29. The molecule has 6 nitrogen and oxygen atoms in total. The largest absolute Gasteiger partial charge is 0.369 e. The predicted molar refractivity (Wildman–Crippen MR) is 140 cm³/mol. The number of benzene rings is 1. The molecule has 9 heteroatoms. The summed E-state index contributed by atoms with van der Waals surface area (Å²) < 4.78 is 0. The van der Waals surface area contributed by atoms with Gasteiger partial charge in [-0.05, 0) is 40.0 Å². The molecule has 0 amide bonds. The highest BCUT2D eigenvalue weighted by molar-refractivity contribution is 14.0. The Morgan fingerprint density at radius 2 is 1.93 bits per heavy atom. The fourth-order valence-corrected chi connectivity index (χ4v) is 4.55. The van der Waals surface area contributed by atoms with Crippen molar-refractivity contribution in [1.29, 1.82) is 0 Å². The maximum Gasteiger partial charge on any atom is 0.191 e. The molecule has 1 aliphatic rings. The second-order valence-corrected chi connectivity index (χ2v) is 9.01. The monoisotopic (exact) mass is 562 g/mol. The van der Waals surface area contributed by atoms with Gasteiger partial charge in [-0.2, -0.15) is 0 Å². The highest BCUT2D eigenvalue weighted by Gasteiger charge is 2.18. The van der Waals surface area contributed by atoms with Gasteiger partial charge in [0.25, 0.3) is 0 Å². The number of aryl methyl sites for hydroxylation is 2. The zero-order valence-electron chi connectivity index (χ0n) is 18.2. The van der Waals surface area contributed by atoms with Gasteiger partial charge in [0.2, 0.25) is 0 Å². The topological polar surface area (TPSA) is 55.8 Å². The van der Waals surface area contributed by atoms with Crippen molar-refractivity contribution in [3.05, 3.63) is 44.4 Å². The molecule has 1 aromatic carbocycles. The van der Waals surface area contributed by atoms with Crippen LogP contribution in [-0.2, 0) is 13.1 Å². The predicted octanol–water partition coefficient (Wildman–Crippen LogP) is 4.04. The average molecular weight is 563 g/mol. The summed E-state index contributed by atoms with van der Waals surface area (Å²) >= 11 is 8.31. The normalized spacial score (nSPS) is 15.1. The minimum atomic E-state index is 0. The summed E-state index contributed by atoms with van der Waals surface area (Å²) in [7, 11) is 2.17. The number of aromatic nitrogens is 1. The summed E-state index contributed by atoms with van der Waals surface area (Å²) in [6.07, 6.45) is 0. The number of nitrogens with zero attached hydrogens (tertiary/aromatic N) is 4. The second kappa shape index (κ2) is 12.1. The highest BCUT2D eigenvalue weighted by atomic mass is 127. The summed E-state index contributed by atoms with van der Waals surface area (Å²) in [6.45, 7) is 12.4. The van der Waals surface area contributed by atoms with E-state index in [9.17, 15) is 0 Å². The molecule has 1 fully saturated rings. The first-order chi connectivity index (χ1) is 14.0. The zero-order valence-corrected chi connectivity index (χ0v) is 22.1. The van der Waals surface area contributed by atoms with Gasteiger partial charge in [0.1, 0.15) is 0 Å². The van der Waals surface area contributed by atoms with Gasteiger partial charge in [0.15, 0.2) is 5.96 Å². The summed E-state index contributed by atoms with van der Waals surface area (Å²) in [5, 5.41) is 8.63. The quantitative estimate of drug-likeness (QED) is 0.316. The number of likely N-dealkylation sites (N-methyl/N-ethyl adjacent to an activating group) is 1. The molecule has 0 bridgehead atoms. The Balaban J connectivity index is 0.00000320. The Kier molecular flexibility index (Phi) is 10.1. The Hall–Kier alpha value is -1.10. The van der Waals surface area contributed by atoms with Crippen molar-refractivity contribution < 1.29 is 0 Å². The number of piperazine rings is 1. The van der Waals surface area contributed by atoms with Crippen molar-refractivity contribution in [2.45, 2.75) is 33.9 Å². The van der Waals surface area contributed by atoms with Gasteiger partial charge < -0.3 is 20.4 Å². The smallest absolute Gasteiger partial charge is 0.191 e. The van der Waals surface area contributed by atoms with Gasteiger partial charge in [0, 0.05) is 53.9 Å². The molecule has 0 saturated carbocycles. The Labute approximate surface area is 206 Å². The standard InChI is InChI=1S/C21H31ClN6S.HI/c1-5-23-21(25-14-20-15(2)26-16(3)29-20)24-13-17-18(22)7-6-8-19(17)28-11-9-27(4)10-12-28;/h6-8H,5,9-14H2,1-4H3,(H2,23,24,25);1H. The van der Waals surface area contributed by atoms with Crippen LogP contribution in [0.3, 0.4) is 0 Å². The van der Waals surface area contributed by atoms with Crippen molar-refractivity contribution in [1.82, 2.24) is 20.5 Å². The van der Waals surface area contributed by atoms with Crippen LogP contribution in [0.1, 0.15) is 28.1 Å². The SMILES string of the molecule is CCNC(=NCc1c(Cl)cccc1N1CCN(C)CC1)NCc1sc(C)nc1C.I. The third-order valence-electron chi connectivity index (χ3n) is 5.09. The van der Waals surface area contributed by atoms with Crippen LogP contribution < -0.4 is 15.5 Å². The lowest BCUT2D eigenvalue weighted by Gasteiger charge is -2.35. The first-order valence-electron chi connectivity index (χ1n) is 10.1. The molecule has 0 spiro atoms. The molecule has 1 aromatic heterocycles. The summed E-state index contributed by atoms with van der Waals surface area (Å²) in [5.41, 5.74) is 3.36. The number of anilines is 1. The van der Waals surface area contributed by atoms with Gasteiger partial charge in [-0.1, -0.05) is 17.7 Å². The molecule has 2 aromatic rings. The number of guanidine groups is 1. The number of aliphatic imine (C=N–C) groups is 1. The van der Waals surface area contributed by atoms with Gasteiger partial charge in [0.05, 0.1) is 23.8 Å². The first kappa shape index (κ1) is 25.2. The van der Waals surface area contributed by atoms with E-state index in [1.807, 2.05) is 19.1 Å². The van der Waals surface area contributed by atoms with Gasteiger partial charge >= 0.3 is 0 Å². The number of nitrogens with one attached hydrogen (secondary N) is 2. The molecule has 0 aliphatic carbocycles. The van der Waals surface area contributed by atoms with Crippen LogP contribution in [0.15, 0.2) is 23.2 Å². The Morgan fingerprint density at radius 3 is 2.57 bits per heavy atom. The van der Waals surface area contributed by atoms with E-state index in [1.165, 1.54) is 10.6 Å². The van der Waals surface area contributed by atoms with Crippen molar-refractivity contribution in [2.24, 2.45) is 4.99 Å². The third kappa shape index (κ3) is 6.70. The van der Waals surface area contributed by atoms with Gasteiger partial charge in [-0.3, -0.25) is 0 Å². The van der Waals surface area contributed by atoms with E-state index in [0.29, 0.717) is 6.54 Å². The molecule has 3 rings (SSSR count). The maximum atomic E-state index is 6.58. The molecule has 166 valence electrons. The molecule has 0 radical (unpaired) electrons. The van der Waals surface area contributed by atoms with Crippen LogP contribution in [-0.4, -0.2) is 55.6 Å². The molecule has 1 saturated heterocycles. The Morgan fingerprint density at radius 1 is 1.20 bits per heavy atom. The first-order valence-corrected chi connectivity index (χ1v) is 11.3. The second-order valence-electron chi connectivity index (χ2n) is 7.32. The lowest BCUT2D eigenvalue weighted by molar-refractivity contribution is 0.312. The van der Waals surface area contributed by atoms with Crippen LogP contribution in [0.2, 0.25) is 5.02 Å². The van der Waals surface area contributed by atoms with E-state index in [0.717, 1.165) is 66.5 Å². The van der Waals surface area contributed by atoms with Crippen molar-refractivity contribution in [3.63, 3.8) is 0 Å². The molecular weight excluding hydrogens is 531 g/mol. The number of thiazole rings is 1. The Bertz CT molecular complexity index is 848. The molecule has 0 atom stereocenters. The number of rotatable bonds is 6. The van der Waals surface area contributed by atoms with Crippen molar-refractivity contribution >= 4 is 58.6 Å². The lowest BCUT2D eigenvalue weighted by atomic mass is 10.1. The van der Waals surface area contributed by atoms with E-state index >= 15 is 0 Å². The summed E-state index contributed by atoms with van der Waals surface area (Å²) in [5.74, 6) is 0.794. The molecule has 1 aliphatic heterocycles. The lowest BCUT2D eigenvalue weighted by Crippen LogP contribution is -2.44. The average Bonchev–Trinajstić information content (AvgIpc) is 3.02. The van der Waals surface area contributed by atoms with Crippen molar-refractivity contribution in [2.75, 3.05) is 44.7 Å². The van der Waals surface area contributed by atoms with E-state index < -0.39 is 0 Å². The minimum Gasteiger partial charge on any atom is -0.369 e. The molecular formula is C21H32ClIN6S. The number of hydrogen-bond donors (Lipinski definition) is 2. The van der Waals surface area contributed by atoms with E-state index in [2.05, 4.69) is 52.4 Å². The van der Waals surface area contributed by atoms with Crippen molar-refractivity contribution in [3.8, 4) is 0 Å². The molecule has 30 heavy (non-hydrogen) atoms. The number of halogens is 2. The summed E-state index contributed by atoms with van der Waals surface area (Å²) in [6, 6.07) is 6.14. The summed E-state index contributed by atoms with van der Waals surface area (Å²) in [4.78, 5) is 15.3. The fraction of sp³-hybridized carbons (Fsp3) is 0.524. The van der Waals surface area contributed by atoms with E-state index in [4.69, 9.17) is 16.6 Å². The van der Waals surface area contributed by atoms with E-state index in [1.54, 1.807) is 11.3 Å². The molecule has 0 unspecified atom stereocenters. The van der Waals surface area contributed by atoms with Gasteiger partial charge in [-0.15, -0.1) is 35.3 Å².